The van der Waals surface area contributed by atoms with Gasteiger partial charge in [0.1, 0.15) is 0 Å². The molecule has 1 aromatic heterocycles. The van der Waals surface area contributed by atoms with Crippen LogP contribution >= 0.6 is 15.9 Å². The van der Waals surface area contributed by atoms with E-state index in [4.69, 9.17) is 4.42 Å². The Morgan fingerprint density at radius 3 is 2.67 bits per heavy atom. The van der Waals surface area contributed by atoms with Gasteiger partial charge in [-0.15, -0.1) is 0 Å². The number of ketones is 1. The van der Waals surface area contributed by atoms with E-state index in [0.717, 1.165) is 10.0 Å². The average molecular weight is 265 g/mol. The Labute approximate surface area is 96.0 Å². The van der Waals surface area contributed by atoms with E-state index in [-0.39, 0.29) is 5.78 Å². The van der Waals surface area contributed by atoms with Crippen LogP contribution < -0.4 is 0 Å². The van der Waals surface area contributed by atoms with Gasteiger partial charge in [0.05, 0.1) is 6.26 Å². The van der Waals surface area contributed by atoms with Gasteiger partial charge in [0.15, 0.2) is 5.76 Å². The van der Waals surface area contributed by atoms with Crippen molar-refractivity contribution in [3.05, 3.63) is 58.5 Å². The summed E-state index contributed by atoms with van der Waals surface area (Å²) in [6.45, 7) is 0. The zero-order valence-electron chi connectivity index (χ0n) is 7.94. The summed E-state index contributed by atoms with van der Waals surface area (Å²) in [5, 5.41) is 0. The minimum absolute atomic E-state index is 0.00750. The highest BCUT2D eigenvalue weighted by molar-refractivity contribution is 9.10. The van der Waals surface area contributed by atoms with E-state index in [1.807, 2.05) is 24.3 Å². The molecule has 1 aromatic carbocycles. The third-order valence-electron chi connectivity index (χ3n) is 2.10. The predicted molar refractivity (Wildman–Crippen MR) is 60.9 cm³/mol. The molecule has 0 unspecified atom stereocenters. The molecule has 2 aromatic rings. The van der Waals surface area contributed by atoms with Crippen molar-refractivity contribution in [2.45, 2.75) is 6.42 Å². The molecule has 76 valence electrons. The van der Waals surface area contributed by atoms with Crippen LogP contribution in [0.25, 0.3) is 0 Å². The van der Waals surface area contributed by atoms with Gasteiger partial charge < -0.3 is 4.42 Å². The van der Waals surface area contributed by atoms with Crippen LogP contribution in [0.5, 0.6) is 0 Å². The lowest BCUT2D eigenvalue weighted by molar-refractivity contribution is 0.0966. The first-order valence-corrected chi connectivity index (χ1v) is 5.37. The Hall–Kier alpha value is -1.35. The summed E-state index contributed by atoms with van der Waals surface area (Å²) >= 11 is 3.41. The number of carbonyl (C=O) groups is 1. The van der Waals surface area contributed by atoms with E-state index >= 15 is 0 Å². The minimum Gasteiger partial charge on any atom is -0.461 e. The number of hydrogen-bond donors (Lipinski definition) is 0. The summed E-state index contributed by atoms with van der Waals surface area (Å²) in [5.74, 6) is 0.401. The zero-order valence-corrected chi connectivity index (χ0v) is 9.53. The molecule has 0 spiro atoms. The van der Waals surface area contributed by atoms with Crippen molar-refractivity contribution in [3.8, 4) is 0 Å². The Balaban J connectivity index is 2.17. The van der Waals surface area contributed by atoms with Crippen LogP contribution in [-0.2, 0) is 6.42 Å². The summed E-state index contributed by atoms with van der Waals surface area (Å²) in [6.07, 6.45) is 1.86. The van der Waals surface area contributed by atoms with E-state index in [1.54, 1.807) is 12.1 Å². The van der Waals surface area contributed by atoms with Gasteiger partial charge in [-0.25, -0.2) is 0 Å². The van der Waals surface area contributed by atoms with Crippen molar-refractivity contribution in [2.75, 3.05) is 0 Å². The van der Waals surface area contributed by atoms with Crippen LogP contribution in [0.1, 0.15) is 16.1 Å². The van der Waals surface area contributed by atoms with E-state index in [9.17, 15) is 4.79 Å². The molecule has 0 N–H and O–H groups in total. The number of carbonyl (C=O) groups excluding carboxylic acids is 1. The fourth-order valence-electron chi connectivity index (χ4n) is 1.34. The Morgan fingerprint density at radius 1 is 1.20 bits per heavy atom. The number of hydrogen-bond acceptors (Lipinski definition) is 2. The van der Waals surface area contributed by atoms with E-state index < -0.39 is 0 Å². The summed E-state index contributed by atoms with van der Waals surface area (Å²) in [7, 11) is 0. The molecule has 0 aliphatic rings. The van der Waals surface area contributed by atoms with Gasteiger partial charge in [-0.2, -0.15) is 0 Å². The lowest BCUT2D eigenvalue weighted by Crippen LogP contribution is -2.02. The molecule has 3 heteroatoms. The molecule has 0 amide bonds. The van der Waals surface area contributed by atoms with Crippen LogP contribution in [0.15, 0.2) is 51.6 Å². The van der Waals surface area contributed by atoms with E-state index in [1.165, 1.54) is 6.26 Å². The number of furan rings is 1. The largest absolute Gasteiger partial charge is 0.461 e. The molecule has 0 saturated heterocycles. The maximum Gasteiger partial charge on any atom is 0.202 e. The summed E-state index contributed by atoms with van der Waals surface area (Å²) < 4.78 is 5.99. The predicted octanol–water partition coefficient (Wildman–Crippen LogP) is 3.47. The smallest absolute Gasteiger partial charge is 0.202 e. The first-order chi connectivity index (χ1) is 7.27. The van der Waals surface area contributed by atoms with Gasteiger partial charge in [0.25, 0.3) is 0 Å². The van der Waals surface area contributed by atoms with E-state index in [0.29, 0.717) is 12.2 Å². The van der Waals surface area contributed by atoms with Crippen molar-refractivity contribution in [2.24, 2.45) is 0 Å². The molecule has 0 bridgehead atoms. The molecule has 15 heavy (non-hydrogen) atoms. The van der Waals surface area contributed by atoms with Crippen molar-refractivity contribution in [1.29, 1.82) is 0 Å². The molecule has 0 aliphatic carbocycles. The highest BCUT2D eigenvalue weighted by Gasteiger charge is 2.10. The minimum atomic E-state index is -0.00750. The lowest BCUT2D eigenvalue weighted by Gasteiger charge is -2.01. The Kier molecular flexibility index (Phi) is 3.02. The summed E-state index contributed by atoms with van der Waals surface area (Å²) in [6, 6.07) is 11.1. The maximum atomic E-state index is 11.7. The topological polar surface area (TPSA) is 30.2 Å². The third kappa shape index (κ3) is 2.36. The number of rotatable bonds is 3. The number of benzene rings is 1. The average Bonchev–Trinajstić information content (AvgIpc) is 2.74. The highest BCUT2D eigenvalue weighted by Crippen LogP contribution is 2.18. The molecule has 2 rings (SSSR count). The van der Waals surface area contributed by atoms with E-state index in [2.05, 4.69) is 15.9 Å². The molecular formula is C12H9BrO2. The van der Waals surface area contributed by atoms with Crippen LogP contribution in [0.3, 0.4) is 0 Å². The molecule has 0 atom stereocenters. The second-order valence-corrected chi connectivity index (χ2v) is 4.02. The van der Waals surface area contributed by atoms with Gasteiger partial charge in [0.2, 0.25) is 5.78 Å². The van der Waals surface area contributed by atoms with Gasteiger partial charge >= 0.3 is 0 Å². The second-order valence-electron chi connectivity index (χ2n) is 3.17. The third-order valence-corrected chi connectivity index (χ3v) is 2.88. The van der Waals surface area contributed by atoms with Gasteiger partial charge in [-0.1, -0.05) is 34.1 Å². The van der Waals surface area contributed by atoms with Gasteiger partial charge in [0, 0.05) is 10.9 Å². The fourth-order valence-corrected chi connectivity index (χ4v) is 1.76. The normalized spacial score (nSPS) is 10.2. The number of Topliss-reactive ketones (excluding diaryl/α,β-unsaturated/α-hetero) is 1. The SMILES string of the molecule is O=C(Cc1ccccc1Br)c1ccco1. The fraction of sp³-hybridized carbons (Fsp3) is 0.0833. The van der Waals surface area contributed by atoms with Crippen molar-refractivity contribution < 1.29 is 9.21 Å². The van der Waals surface area contributed by atoms with Crippen LogP contribution in [0.4, 0.5) is 0 Å². The maximum absolute atomic E-state index is 11.7. The first kappa shape index (κ1) is 10.2. The Bertz CT molecular complexity index is 460. The van der Waals surface area contributed by atoms with Crippen molar-refractivity contribution in [3.63, 3.8) is 0 Å². The monoisotopic (exact) mass is 264 g/mol. The molecule has 0 radical (unpaired) electrons. The molecule has 0 aliphatic heterocycles. The quantitative estimate of drug-likeness (QED) is 0.795. The summed E-state index contributed by atoms with van der Waals surface area (Å²) in [4.78, 5) is 11.7. The first-order valence-electron chi connectivity index (χ1n) is 4.57. The molecular weight excluding hydrogens is 256 g/mol. The van der Waals surface area contributed by atoms with Crippen molar-refractivity contribution in [1.82, 2.24) is 0 Å². The van der Waals surface area contributed by atoms with Crippen LogP contribution in [-0.4, -0.2) is 5.78 Å². The van der Waals surface area contributed by atoms with Crippen LogP contribution in [0.2, 0.25) is 0 Å². The lowest BCUT2D eigenvalue weighted by atomic mass is 10.1. The Morgan fingerprint density at radius 2 is 2.00 bits per heavy atom. The standard InChI is InChI=1S/C12H9BrO2/c13-10-5-2-1-4-9(10)8-11(14)12-6-3-7-15-12/h1-7H,8H2. The zero-order chi connectivity index (χ0) is 10.7. The number of halogens is 1. The van der Waals surface area contributed by atoms with Gasteiger partial charge in [-0.05, 0) is 23.8 Å². The second kappa shape index (κ2) is 4.45. The molecule has 2 nitrogen and oxygen atoms in total. The van der Waals surface area contributed by atoms with Crippen LogP contribution in [0, 0.1) is 0 Å². The molecule has 0 fully saturated rings. The van der Waals surface area contributed by atoms with Gasteiger partial charge in [-0.3, -0.25) is 4.79 Å². The highest BCUT2D eigenvalue weighted by atomic mass is 79.9. The van der Waals surface area contributed by atoms with Crippen molar-refractivity contribution >= 4 is 21.7 Å². The summed E-state index contributed by atoms with van der Waals surface area (Å²) in [5.41, 5.74) is 0.971. The molecule has 0 saturated carbocycles. The molecule has 1 heterocycles.